The lowest BCUT2D eigenvalue weighted by Gasteiger charge is -2.56. The normalized spacial score (nSPS) is 42.5. The van der Waals surface area contributed by atoms with Crippen molar-refractivity contribution in [2.24, 2.45) is 23.2 Å². The van der Waals surface area contributed by atoms with Gasteiger partial charge < -0.3 is 10.1 Å². The molecule has 0 atom stereocenters. The summed E-state index contributed by atoms with van der Waals surface area (Å²) in [5.41, 5.74) is 0.418. The van der Waals surface area contributed by atoms with Gasteiger partial charge in [-0.25, -0.2) is 4.79 Å². The molecule has 1 amide bonds. The molecule has 0 spiro atoms. The van der Waals surface area contributed by atoms with E-state index in [0.717, 1.165) is 24.3 Å². The molecular formula is C14H23NO2. The van der Waals surface area contributed by atoms with Gasteiger partial charge in [0.1, 0.15) is 0 Å². The van der Waals surface area contributed by atoms with Crippen LogP contribution in [0.2, 0.25) is 0 Å². The van der Waals surface area contributed by atoms with Crippen LogP contribution in [0.4, 0.5) is 4.79 Å². The van der Waals surface area contributed by atoms with Gasteiger partial charge in [-0.1, -0.05) is 0 Å². The first kappa shape index (κ1) is 11.4. The Morgan fingerprint density at radius 3 is 2.18 bits per heavy atom. The van der Waals surface area contributed by atoms with Crippen molar-refractivity contribution in [3.8, 4) is 0 Å². The van der Waals surface area contributed by atoms with Gasteiger partial charge in [-0.05, 0) is 68.6 Å². The minimum atomic E-state index is -0.233. The van der Waals surface area contributed by atoms with Crippen molar-refractivity contribution in [2.45, 2.75) is 45.4 Å². The Bertz CT molecular complexity index is 278. The predicted molar refractivity (Wildman–Crippen MR) is 65.6 cm³/mol. The lowest BCUT2D eigenvalue weighted by molar-refractivity contribution is -0.0508. The van der Waals surface area contributed by atoms with E-state index in [1.807, 2.05) is 6.92 Å². The van der Waals surface area contributed by atoms with Crippen LogP contribution in [0.3, 0.4) is 0 Å². The fourth-order valence-corrected chi connectivity index (χ4v) is 4.95. The number of alkyl carbamates (subject to hydrolysis) is 1. The largest absolute Gasteiger partial charge is 0.450 e. The van der Waals surface area contributed by atoms with Crippen LogP contribution in [-0.2, 0) is 4.74 Å². The molecule has 1 N–H and O–H groups in total. The molecule has 4 bridgehead atoms. The zero-order chi connectivity index (χ0) is 11.9. The van der Waals surface area contributed by atoms with Gasteiger partial charge in [0.2, 0.25) is 0 Å². The molecule has 96 valence electrons. The van der Waals surface area contributed by atoms with E-state index in [9.17, 15) is 4.79 Å². The maximum Gasteiger partial charge on any atom is 0.407 e. The number of rotatable bonds is 3. The Kier molecular flexibility index (Phi) is 2.80. The van der Waals surface area contributed by atoms with E-state index in [1.165, 1.54) is 38.5 Å². The van der Waals surface area contributed by atoms with Gasteiger partial charge in [-0.15, -0.1) is 0 Å². The van der Waals surface area contributed by atoms with E-state index < -0.39 is 0 Å². The van der Waals surface area contributed by atoms with Gasteiger partial charge in [0.25, 0.3) is 0 Å². The second-order valence-corrected chi connectivity index (χ2v) is 6.49. The van der Waals surface area contributed by atoms with Crippen molar-refractivity contribution in [1.82, 2.24) is 5.32 Å². The Morgan fingerprint density at radius 1 is 1.18 bits per heavy atom. The molecular weight excluding hydrogens is 214 g/mol. The van der Waals surface area contributed by atoms with Crippen LogP contribution in [0.15, 0.2) is 0 Å². The average molecular weight is 237 g/mol. The van der Waals surface area contributed by atoms with Crippen LogP contribution >= 0.6 is 0 Å². The molecule has 4 fully saturated rings. The summed E-state index contributed by atoms with van der Waals surface area (Å²) in [6, 6.07) is 0. The fourth-order valence-electron chi connectivity index (χ4n) is 4.95. The molecule has 4 saturated carbocycles. The molecule has 3 heteroatoms. The van der Waals surface area contributed by atoms with Crippen molar-refractivity contribution >= 4 is 6.09 Å². The van der Waals surface area contributed by atoms with Crippen molar-refractivity contribution in [2.75, 3.05) is 13.2 Å². The van der Waals surface area contributed by atoms with Gasteiger partial charge in [0, 0.05) is 6.54 Å². The summed E-state index contributed by atoms with van der Waals surface area (Å²) >= 11 is 0. The topological polar surface area (TPSA) is 38.3 Å². The molecule has 0 aromatic carbocycles. The maximum atomic E-state index is 11.4. The summed E-state index contributed by atoms with van der Waals surface area (Å²) in [5, 5.41) is 2.98. The van der Waals surface area contributed by atoms with Crippen LogP contribution in [0.1, 0.15) is 45.4 Å². The summed E-state index contributed by atoms with van der Waals surface area (Å²) in [4.78, 5) is 11.4. The molecule has 0 radical (unpaired) electrons. The van der Waals surface area contributed by atoms with E-state index in [4.69, 9.17) is 4.74 Å². The number of carbonyl (C=O) groups excluding carboxylic acids is 1. The number of hydrogen-bond acceptors (Lipinski definition) is 2. The zero-order valence-electron chi connectivity index (χ0n) is 10.7. The number of ether oxygens (including phenoxy) is 1. The predicted octanol–water partition coefficient (Wildman–Crippen LogP) is 2.95. The molecule has 0 aromatic heterocycles. The van der Waals surface area contributed by atoms with Crippen LogP contribution in [0.5, 0.6) is 0 Å². The highest BCUT2D eigenvalue weighted by atomic mass is 16.5. The smallest absolute Gasteiger partial charge is 0.407 e. The first-order valence-corrected chi connectivity index (χ1v) is 7.10. The minimum absolute atomic E-state index is 0.233. The number of carbonyl (C=O) groups is 1. The molecule has 0 heterocycles. The summed E-state index contributed by atoms with van der Waals surface area (Å²) < 4.78 is 4.96. The van der Waals surface area contributed by atoms with Gasteiger partial charge in [-0.2, -0.15) is 0 Å². The molecule has 0 aliphatic heterocycles. The third-order valence-electron chi connectivity index (χ3n) is 5.05. The third kappa shape index (κ3) is 2.16. The van der Waals surface area contributed by atoms with Gasteiger partial charge in [0.05, 0.1) is 6.61 Å². The fraction of sp³-hybridized carbons (Fsp3) is 0.929. The van der Waals surface area contributed by atoms with Crippen LogP contribution in [0.25, 0.3) is 0 Å². The summed E-state index contributed by atoms with van der Waals surface area (Å²) in [5.74, 6) is 2.85. The number of hydrogen-bond donors (Lipinski definition) is 1. The Hall–Kier alpha value is -0.730. The van der Waals surface area contributed by atoms with Crippen molar-refractivity contribution in [1.29, 1.82) is 0 Å². The van der Waals surface area contributed by atoms with Crippen LogP contribution in [0, 0.1) is 23.2 Å². The van der Waals surface area contributed by atoms with Crippen molar-refractivity contribution in [3.63, 3.8) is 0 Å². The Morgan fingerprint density at radius 2 is 1.71 bits per heavy atom. The van der Waals surface area contributed by atoms with Crippen LogP contribution in [-0.4, -0.2) is 19.2 Å². The molecule has 4 aliphatic carbocycles. The molecule has 4 aliphatic rings. The summed E-state index contributed by atoms with van der Waals surface area (Å²) in [6.45, 7) is 3.16. The lowest BCUT2D eigenvalue weighted by atomic mass is 9.49. The van der Waals surface area contributed by atoms with Gasteiger partial charge in [-0.3, -0.25) is 0 Å². The molecule has 0 unspecified atom stereocenters. The molecule has 0 saturated heterocycles. The summed E-state index contributed by atoms with van der Waals surface area (Å²) in [7, 11) is 0. The Labute approximate surface area is 103 Å². The van der Waals surface area contributed by atoms with Crippen molar-refractivity contribution < 1.29 is 9.53 Å². The van der Waals surface area contributed by atoms with Crippen molar-refractivity contribution in [3.05, 3.63) is 0 Å². The van der Waals surface area contributed by atoms with E-state index in [0.29, 0.717) is 12.0 Å². The SMILES string of the molecule is CCOC(=O)NCC12CC3CC(CC(C3)C1)C2. The molecule has 3 nitrogen and oxygen atoms in total. The van der Waals surface area contributed by atoms with Gasteiger partial charge in [0.15, 0.2) is 0 Å². The lowest BCUT2D eigenvalue weighted by Crippen LogP contribution is -2.51. The van der Waals surface area contributed by atoms with E-state index in [2.05, 4.69) is 5.32 Å². The van der Waals surface area contributed by atoms with E-state index in [1.54, 1.807) is 0 Å². The minimum Gasteiger partial charge on any atom is -0.450 e. The standard InChI is InChI=1S/C14H23NO2/c1-2-17-13(16)15-9-14-6-10-3-11(7-14)5-12(4-10)8-14/h10-12H,2-9H2,1H3,(H,15,16). The second-order valence-electron chi connectivity index (χ2n) is 6.49. The number of nitrogens with one attached hydrogen (secondary N) is 1. The third-order valence-corrected chi connectivity index (χ3v) is 5.05. The molecule has 0 aromatic rings. The van der Waals surface area contributed by atoms with Gasteiger partial charge >= 0.3 is 6.09 Å². The van der Waals surface area contributed by atoms with E-state index >= 15 is 0 Å². The quantitative estimate of drug-likeness (QED) is 0.819. The maximum absolute atomic E-state index is 11.4. The highest BCUT2D eigenvalue weighted by Crippen LogP contribution is 2.59. The molecule has 4 rings (SSSR count). The van der Waals surface area contributed by atoms with Crippen LogP contribution < -0.4 is 5.32 Å². The second kappa shape index (κ2) is 4.18. The average Bonchev–Trinajstić information content (AvgIpc) is 2.25. The molecule has 17 heavy (non-hydrogen) atoms. The highest BCUT2D eigenvalue weighted by molar-refractivity contribution is 5.67. The Balaban J connectivity index is 1.60. The van der Waals surface area contributed by atoms with E-state index in [-0.39, 0.29) is 6.09 Å². The first-order chi connectivity index (χ1) is 8.19. The monoisotopic (exact) mass is 237 g/mol. The number of amides is 1. The highest BCUT2D eigenvalue weighted by Gasteiger charge is 2.50. The first-order valence-electron chi connectivity index (χ1n) is 7.10. The summed E-state index contributed by atoms with van der Waals surface area (Å²) in [6.07, 6.45) is 8.15. The zero-order valence-corrected chi connectivity index (χ0v) is 10.7.